The predicted molar refractivity (Wildman–Crippen MR) is 81.6 cm³/mol. The molecule has 1 N–H and O–H groups in total. The first-order valence-electron chi connectivity index (χ1n) is 6.12. The first-order valence-corrected chi connectivity index (χ1v) is 6.87. The van der Waals surface area contributed by atoms with Crippen LogP contribution in [0.25, 0.3) is 16.8 Å². The molecule has 0 aliphatic heterocycles. The highest BCUT2D eigenvalue weighted by molar-refractivity contribution is 6.36. The van der Waals surface area contributed by atoms with Crippen molar-refractivity contribution in [3.8, 4) is 16.8 Å². The molecular weight excluding hydrogens is 327 g/mol. The zero-order chi connectivity index (χ0) is 15.7. The Labute approximate surface area is 134 Å². The van der Waals surface area contributed by atoms with Crippen molar-refractivity contribution in [1.82, 2.24) is 20.2 Å². The highest BCUT2D eigenvalue weighted by Gasteiger charge is 2.12. The van der Waals surface area contributed by atoms with Crippen molar-refractivity contribution >= 4 is 29.2 Å². The van der Waals surface area contributed by atoms with E-state index in [1.807, 2.05) is 0 Å². The summed E-state index contributed by atoms with van der Waals surface area (Å²) in [5, 5.41) is 21.1. The molecule has 0 saturated heterocycles. The minimum atomic E-state index is -1.05. The molecule has 0 aliphatic carbocycles. The average molecular weight is 335 g/mol. The average Bonchev–Trinajstić information content (AvgIpc) is 3.01. The maximum Gasteiger partial charge on any atom is 0.335 e. The van der Waals surface area contributed by atoms with Crippen LogP contribution in [0.1, 0.15) is 10.4 Å². The number of carboxylic acid groups (broad SMARTS) is 1. The lowest BCUT2D eigenvalue weighted by Gasteiger charge is -2.09. The van der Waals surface area contributed by atoms with E-state index in [2.05, 4.69) is 15.5 Å². The van der Waals surface area contributed by atoms with Crippen LogP contribution < -0.4 is 0 Å². The van der Waals surface area contributed by atoms with Crippen molar-refractivity contribution in [2.75, 3.05) is 0 Å². The van der Waals surface area contributed by atoms with Crippen molar-refractivity contribution in [2.45, 2.75) is 0 Å². The van der Waals surface area contributed by atoms with Crippen LogP contribution in [0.4, 0.5) is 0 Å². The number of nitrogens with zero attached hydrogens (tertiary/aromatic N) is 4. The van der Waals surface area contributed by atoms with E-state index in [-0.39, 0.29) is 5.56 Å². The lowest BCUT2D eigenvalue weighted by Crippen LogP contribution is -2.02. The summed E-state index contributed by atoms with van der Waals surface area (Å²) >= 11 is 12.1. The second kappa shape index (κ2) is 5.75. The topological polar surface area (TPSA) is 80.9 Å². The van der Waals surface area contributed by atoms with Gasteiger partial charge in [-0.2, -0.15) is 0 Å². The minimum Gasteiger partial charge on any atom is -0.478 e. The van der Waals surface area contributed by atoms with E-state index in [0.29, 0.717) is 26.9 Å². The molecule has 0 spiro atoms. The largest absolute Gasteiger partial charge is 0.478 e. The number of rotatable bonds is 3. The summed E-state index contributed by atoms with van der Waals surface area (Å²) in [4.78, 5) is 11.3. The molecule has 1 heterocycles. The van der Waals surface area contributed by atoms with E-state index in [4.69, 9.17) is 23.2 Å². The molecule has 0 unspecified atom stereocenters. The first kappa shape index (κ1) is 14.5. The van der Waals surface area contributed by atoms with Crippen LogP contribution in [0.2, 0.25) is 10.0 Å². The lowest BCUT2D eigenvalue weighted by atomic mass is 10.0. The number of halogens is 2. The Morgan fingerprint density at radius 2 is 1.95 bits per heavy atom. The molecule has 110 valence electrons. The lowest BCUT2D eigenvalue weighted by molar-refractivity contribution is 0.0697. The Morgan fingerprint density at radius 3 is 2.59 bits per heavy atom. The zero-order valence-electron chi connectivity index (χ0n) is 10.9. The van der Waals surface area contributed by atoms with Gasteiger partial charge in [-0.05, 0) is 46.3 Å². The van der Waals surface area contributed by atoms with Gasteiger partial charge in [0.05, 0.1) is 11.3 Å². The molecule has 3 aromatic rings. The van der Waals surface area contributed by atoms with E-state index in [1.165, 1.54) is 23.1 Å². The number of hydrogen-bond donors (Lipinski definition) is 1. The van der Waals surface area contributed by atoms with Crippen LogP contribution in [0.5, 0.6) is 0 Å². The highest BCUT2D eigenvalue weighted by atomic mass is 35.5. The Balaban J connectivity index is 2.20. The Hall–Kier alpha value is -2.44. The molecule has 0 aliphatic rings. The van der Waals surface area contributed by atoms with Crippen LogP contribution in [-0.2, 0) is 0 Å². The normalized spacial score (nSPS) is 10.6. The Morgan fingerprint density at radius 1 is 1.14 bits per heavy atom. The van der Waals surface area contributed by atoms with E-state index in [1.54, 1.807) is 24.3 Å². The SMILES string of the molecule is O=C(O)c1cc(-c2ccc(Cl)cc2Cl)cc(-n2cnnn2)c1. The minimum absolute atomic E-state index is 0.106. The number of tetrazole rings is 1. The summed E-state index contributed by atoms with van der Waals surface area (Å²) in [6.07, 6.45) is 1.38. The third-order valence-electron chi connectivity index (χ3n) is 3.02. The molecule has 3 rings (SSSR count). The van der Waals surface area contributed by atoms with E-state index in [0.717, 1.165) is 0 Å². The van der Waals surface area contributed by atoms with Gasteiger partial charge in [0.2, 0.25) is 0 Å². The monoisotopic (exact) mass is 334 g/mol. The van der Waals surface area contributed by atoms with Gasteiger partial charge in [0, 0.05) is 15.6 Å². The number of benzene rings is 2. The van der Waals surface area contributed by atoms with Gasteiger partial charge < -0.3 is 5.11 Å². The fraction of sp³-hybridized carbons (Fsp3) is 0. The number of carbonyl (C=O) groups is 1. The fourth-order valence-electron chi connectivity index (χ4n) is 2.03. The van der Waals surface area contributed by atoms with Gasteiger partial charge in [0.15, 0.2) is 0 Å². The van der Waals surface area contributed by atoms with E-state index in [9.17, 15) is 9.90 Å². The van der Waals surface area contributed by atoms with Crippen molar-refractivity contribution in [2.24, 2.45) is 0 Å². The van der Waals surface area contributed by atoms with Crippen LogP contribution >= 0.6 is 23.2 Å². The quantitative estimate of drug-likeness (QED) is 0.794. The molecule has 2 aromatic carbocycles. The molecule has 0 atom stereocenters. The van der Waals surface area contributed by atoms with Gasteiger partial charge in [0.25, 0.3) is 0 Å². The summed E-state index contributed by atoms with van der Waals surface area (Å²) in [6, 6.07) is 9.78. The molecule has 0 fully saturated rings. The first-order chi connectivity index (χ1) is 10.5. The van der Waals surface area contributed by atoms with E-state index < -0.39 is 5.97 Å². The number of aromatic nitrogens is 4. The Kier molecular flexibility index (Phi) is 3.79. The smallest absolute Gasteiger partial charge is 0.335 e. The van der Waals surface area contributed by atoms with Crippen molar-refractivity contribution in [3.05, 3.63) is 58.3 Å². The third kappa shape index (κ3) is 2.79. The van der Waals surface area contributed by atoms with Crippen molar-refractivity contribution < 1.29 is 9.90 Å². The number of aromatic carboxylic acids is 1. The molecule has 0 bridgehead atoms. The number of carboxylic acids is 1. The van der Waals surface area contributed by atoms with Gasteiger partial charge in [-0.1, -0.05) is 29.3 Å². The van der Waals surface area contributed by atoms with Gasteiger partial charge >= 0.3 is 5.97 Å². The second-order valence-electron chi connectivity index (χ2n) is 4.45. The molecule has 8 heteroatoms. The van der Waals surface area contributed by atoms with Crippen LogP contribution in [0.3, 0.4) is 0 Å². The van der Waals surface area contributed by atoms with E-state index >= 15 is 0 Å². The van der Waals surface area contributed by atoms with Gasteiger partial charge in [0.1, 0.15) is 6.33 Å². The summed E-state index contributed by atoms with van der Waals surface area (Å²) < 4.78 is 1.37. The van der Waals surface area contributed by atoms with Crippen molar-refractivity contribution in [3.63, 3.8) is 0 Å². The van der Waals surface area contributed by atoms with Gasteiger partial charge in [-0.25, -0.2) is 9.48 Å². The standard InChI is InChI=1S/C14H8Cl2N4O2/c15-10-1-2-12(13(16)6-10)8-3-9(14(21)22)5-11(4-8)20-7-17-18-19-20/h1-7H,(H,21,22). The molecule has 1 aromatic heterocycles. The summed E-state index contributed by atoms with van der Waals surface area (Å²) in [5.41, 5.74) is 1.93. The van der Waals surface area contributed by atoms with Gasteiger partial charge in [-0.15, -0.1) is 5.10 Å². The zero-order valence-corrected chi connectivity index (χ0v) is 12.5. The molecule has 0 radical (unpaired) electrons. The molecular formula is C14H8Cl2N4O2. The summed E-state index contributed by atoms with van der Waals surface area (Å²) in [5.74, 6) is -1.05. The van der Waals surface area contributed by atoms with Crippen molar-refractivity contribution in [1.29, 1.82) is 0 Å². The highest BCUT2D eigenvalue weighted by Crippen LogP contribution is 2.32. The van der Waals surface area contributed by atoms with Gasteiger partial charge in [-0.3, -0.25) is 0 Å². The second-order valence-corrected chi connectivity index (χ2v) is 5.30. The number of hydrogen-bond acceptors (Lipinski definition) is 4. The molecule has 22 heavy (non-hydrogen) atoms. The third-order valence-corrected chi connectivity index (χ3v) is 3.57. The molecule has 0 amide bonds. The molecule has 0 saturated carbocycles. The van der Waals surface area contributed by atoms with Crippen LogP contribution in [0, 0.1) is 0 Å². The fourth-order valence-corrected chi connectivity index (χ4v) is 2.54. The maximum absolute atomic E-state index is 11.3. The Bertz CT molecular complexity index is 850. The summed E-state index contributed by atoms with van der Waals surface area (Å²) in [7, 11) is 0. The predicted octanol–water partition coefficient (Wildman–Crippen LogP) is 3.33. The van der Waals surface area contributed by atoms with Crippen LogP contribution in [-0.4, -0.2) is 31.3 Å². The van der Waals surface area contributed by atoms with Crippen LogP contribution in [0.15, 0.2) is 42.7 Å². The molecule has 6 nitrogen and oxygen atoms in total. The summed E-state index contributed by atoms with van der Waals surface area (Å²) in [6.45, 7) is 0. The maximum atomic E-state index is 11.3.